The molecule has 6 heteroatoms. The van der Waals surface area contributed by atoms with E-state index in [1.54, 1.807) is 0 Å². The molecule has 72 valence electrons. The van der Waals surface area contributed by atoms with Crippen LogP contribution in [0, 0.1) is 0 Å². The summed E-state index contributed by atoms with van der Waals surface area (Å²) in [5.41, 5.74) is 0. The van der Waals surface area contributed by atoms with Crippen molar-refractivity contribution in [2.45, 2.75) is 30.7 Å². The first-order chi connectivity index (χ1) is 5.57. The van der Waals surface area contributed by atoms with Crippen molar-refractivity contribution in [1.82, 2.24) is 0 Å². The van der Waals surface area contributed by atoms with Crippen LogP contribution in [0.3, 0.4) is 0 Å². The molecule has 12 heavy (non-hydrogen) atoms. The van der Waals surface area contributed by atoms with Crippen LogP contribution in [0.25, 0.3) is 0 Å². The Morgan fingerprint density at radius 3 is 2.00 bits per heavy atom. The second-order valence-corrected chi connectivity index (χ2v) is 2.72. The molecule has 1 saturated heterocycles. The molecule has 0 unspecified atom stereocenters. The average Bonchev–Trinajstić information content (AvgIpc) is 2.30. The van der Waals surface area contributed by atoms with Gasteiger partial charge in [-0.25, -0.2) is 0 Å². The summed E-state index contributed by atoms with van der Waals surface area (Å²) in [4.78, 5) is 0. The van der Waals surface area contributed by atoms with Crippen molar-refractivity contribution in [3.05, 3.63) is 0 Å². The monoisotopic (exact) mass is 180 g/mol. The molecule has 0 amide bonds. The van der Waals surface area contributed by atoms with Gasteiger partial charge in [-0.3, -0.25) is 0 Å². The molecule has 0 bridgehead atoms. The minimum absolute atomic E-state index is 0.471. The first-order valence-electron chi connectivity index (χ1n) is 3.56. The van der Waals surface area contributed by atoms with Crippen LogP contribution in [0.15, 0.2) is 0 Å². The van der Waals surface area contributed by atoms with Crippen LogP contribution >= 0.6 is 0 Å². The lowest BCUT2D eigenvalue weighted by molar-refractivity contribution is -0.162. The number of hydrogen-bond acceptors (Lipinski definition) is 6. The van der Waals surface area contributed by atoms with Crippen LogP contribution in [0.4, 0.5) is 0 Å². The highest BCUT2D eigenvalue weighted by molar-refractivity contribution is 4.90. The van der Waals surface area contributed by atoms with Crippen LogP contribution in [-0.2, 0) is 4.74 Å². The van der Waals surface area contributed by atoms with Gasteiger partial charge in [0.25, 0.3) is 0 Å². The van der Waals surface area contributed by atoms with E-state index in [1.165, 1.54) is 0 Å². The summed E-state index contributed by atoms with van der Waals surface area (Å²) in [7, 11) is 0. The molecule has 0 aromatic carbocycles. The van der Waals surface area contributed by atoms with Gasteiger partial charge in [-0.2, -0.15) is 0 Å². The maximum atomic E-state index is 9.12. The Labute approximate surface area is 68.6 Å². The van der Waals surface area contributed by atoms with Crippen LogP contribution in [0.1, 0.15) is 0 Å². The molecule has 5 N–H and O–H groups in total. The van der Waals surface area contributed by atoms with Crippen molar-refractivity contribution < 1.29 is 30.3 Å². The maximum Gasteiger partial charge on any atom is 0.181 e. The van der Waals surface area contributed by atoms with Gasteiger partial charge in [0.05, 0.1) is 6.61 Å². The van der Waals surface area contributed by atoms with Crippen molar-refractivity contribution in [1.29, 1.82) is 0 Å². The Bertz CT molecular complexity index is 149. The number of aliphatic hydroxyl groups excluding tert-OH is 4. The number of rotatable bonds is 2. The highest BCUT2D eigenvalue weighted by Gasteiger charge is 2.45. The van der Waals surface area contributed by atoms with E-state index in [-0.39, 0.29) is 0 Å². The number of ether oxygens (including phenoxy) is 1. The molecule has 1 rings (SSSR count). The van der Waals surface area contributed by atoms with E-state index in [9.17, 15) is 0 Å². The zero-order valence-corrected chi connectivity index (χ0v) is 6.24. The van der Waals surface area contributed by atoms with Crippen molar-refractivity contribution >= 4 is 0 Å². The Kier molecular flexibility index (Phi) is 2.99. The summed E-state index contributed by atoms with van der Waals surface area (Å²) in [6.45, 7) is -0.471. The van der Waals surface area contributed by atoms with Crippen molar-refractivity contribution in [2.24, 2.45) is 0 Å². The van der Waals surface area contributed by atoms with Gasteiger partial charge in [0.1, 0.15) is 24.4 Å². The largest absolute Gasteiger partial charge is 0.394 e. The van der Waals surface area contributed by atoms with Gasteiger partial charge >= 0.3 is 0 Å². The van der Waals surface area contributed by atoms with E-state index >= 15 is 0 Å². The fraction of sp³-hybridized carbons (Fsp3) is 1.00. The van der Waals surface area contributed by atoms with Crippen LogP contribution in [0.5, 0.6) is 0 Å². The normalized spacial score (nSPS) is 42.5. The summed E-state index contributed by atoms with van der Waals surface area (Å²) in [5.74, 6) is 0. The molecule has 6 nitrogen and oxygen atoms in total. The molecular formula is C6H12O6. The van der Waals surface area contributed by atoms with E-state index in [2.05, 4.69) is 0 Å². The SMILES string of the molecule is OC[C@@H]1O[C@@H](C(O)O)[C@H](O)[C@@H]1O. The summed E-state index contributed by atoms with van der Waals surface area (Å²) < 4.78 is 4.75. The van der Waals surface area contributed by atoms with Crippen molar-refractivity contribution in [3.8, 4) is 0 Å². The predicted molar refractivity (Wildman–Crippen MR) is 36.0 cm³/mol. The third kappa shape index (κ3) is 1.58. The molecule has 0 spiro atoms. The molecule has 0 radical (unpaired) electrons. The molecule has 1 heterocycles. The molecule has 0 aromatic heterocycles. The lowest BCUT2D eigenvalue weighted by atomic mass is 10.1. The van der Waals surface area contributed by atoms with Gasteiger partial charge in [0, 0.05) is 0 Å². The summed E-state index contributed by atoms with van der Waals surface area (Å²) in [6.07, 6.45) is -6.71. The quantitative estimate of drug-likeness (QED) is 0.286. The smallest absolute Gasteiger partial charge is 0.181 e. The molecule has 4 atom stereocenters. The van der Waals surface area contributed by atoms with Gasteiger partial charge in [-0.05, 0) is 0 Å². The number of hydrogen-bond donors (Lipinski definition) is 5. The van der Waals surface area contributed by atoms with E-state index in [0.29, 0.717) is 0 Å². The fourth-order valence-corrected chi connectivity index (χ4v) is 1.17. The molecule has 1 aliphatic heterocycles. The van der Waals surface area contributed by atoms with Gasteiger partial charge in [-0.1, -0.05) is 0 Å². The Balaban J connectivity index is 2.60. The van der Waals surface area contributed by atoms with E-state index < -0.39 is 37.3 Å². The Morgan fingerprint density at radius 2 is 1.75 bits per heavy atom. The minimum Gasteiger partial charge on any atom is -0.394 e. The third-order valence-electron chi connectivity index (χ3n) is 1.87. The highest BCUT2D eigenvalue weighted by atomic mass is 16.6. The molecular weight excluding hydrogens is 168 g/mol. The highest BCUT2D eigenvalue weighted by Crippen LogP contribution is 2.22. The Hall–Kier alpha value is -0.240. The zero-order chi connectivity index (χ0) is 9.30. The third-order valence-corrected chi connectivity index (χ3v) is 1.87. The van der Waals surface area contributed by atoms with Crippen LogP contribution in [-0.4, -0.2) is 62.8 Å². The average molecular weight is 180 g/mol. The molecule has 0 aliphatic carbocycles. The van der Waals surface area contributed by atoms with Gasteiger partial charge in [-0.15, -0.1) is 0 Å². The molecule has 0 saturated carbocycles. The van der Waals surface area contributed by atoms with Gasteiger partial charge in [0.2, 0.25) is 0 Å². The molecule has 0 aromatic rings. The zero-order valence-electron chi connectivity index (χ0n) is 6.24. The predicted octanol–water partition coefficient (Wildman–Crippen LogP) is -3.22. The summed E-state index contributed by atoms with van der Waals surface area (Å²) in [5, 5.41) is 44.1. The topological polar surface area (TPSA) is 110 Å². The lowest BCUT2D eigenvalue weighted by Crippen LogP contribution is -2.38. The van der Waals surface area contributed by atoms with Crippen LogP contribution < -0.4 is 0 Å². The van der Waals surface area contributed by atoms with E-state index in [0.717, 1.165) is 0 Å². The lowest BCUT2D eigenvalue weighted by Gasteiger charge is -2.15. The Morgan fingerprint density at radius 1 is 1.17 bits per heavy atom. The van der Waals surface area contributed by atoms with E-state index in [1.807, 2.05) is 0 Å². The minimum atomic E-state index is -1.86. The number of aliphatic hydroxyl groups is 5. The second-order valence-electron chi connectivity index (χ2n) is 2.72. The summed E-state index contributed by atoms with van der Waals surface area (Å²) >= 11 is 0. The van der Waals surface area contributed by atoms with Gasteiger partial charge < -0.3 is 30.3 Å². The fourth-order valence-electron chi connectivity index (χ4n) is 1.17. The summed E-state index contributed by atoms with van der Waals surface area (Å²) in [6, 6.07) is 0. The van der Waals surface area contributed by atoms with Crippen LogP contribution in [0.2, 0.25) is 0 Å². The standard InChI is InChI=1S/C6H12O6/c7-1-2-3(8)4(9)5(12-2)6(10)11/h2-11H,1H2/t2-,3+,4+,5+/m0/s1. The molecule has 1 aliphatic rings. The second kappa shape index (κ2) is 3.65. The van der Waals surface area contributed by atoms with Gasteiger partial charge in [0.15, 0.2) is 6.29 Å². The van der Waals surface area contributed by atoms with Crippen molar-refractivity contribution in [2.75, 3.05) is 6.61 Å². The molecule has 1 fully saturated rings. The van der Waals surface area contributed by atoms with E-state index in [4.69, 9.17) is 30.3 Å². The van der Waals surface area contributed by atoms with Crippen molar-refractivity contribution in [3.63, 3.8) is 0 Å². The maximum absolute atomic E-state index is 9.12. The first kappa shape index (κ1) is 9.85. The first-order valence-corrected chi connectivity index (χ1v) is 3.56.